The highest BCUT2D eigenvalue weighted by atomic mass is 127. The van der Waals surface area contributed by atoms with Crippen molar-refractivity contribution in [3.8, 4) is 5.75 Å². The van der Waals surface area contributed by atoms with E-state index in [-0.39, 0.29) is 17.9 Å². The van der Waals surface area contributed by atoms with E-state index in [0.29, 0.717) is 0 Å². The van der Waals surface area contributed by atoms with Crippen LogP contribution in [-0.2, 0) is 0 Å². The molecule has 2 aromatic carbocycles. The van der Waals surface area contributed by atoms with E-state index in [1.807, 2.05) is 30.3 Å². The molecule has 0 aliphatic rings. The van der Waals surface area contributed by atoms with Gasteiger partial charge < -0.3 is 15.5 Å². The SMILES string of the molecule is O=C(N[C@H](CO)c1ccccc1)c1cc(I)ccc1O. The van der Waals surface area contributed by atoms with Gasteiger partial charge in [0.15, 0.2) is 0 Å². The van der Waals surface area contributed by atoms with Crippen molar-refractivity contribution in [2.75, 3.05) is 6.61 Å². The van der Waals surface area contributed by atoms with Crippen molar-refractivity contribution in [1.29, 1.82) is 0 Å². The smallest absolute Gasteiger partial charge is 0.255 e. The summed E-state index contributed by atoms with van der Waals surface area (Å²) in [6, 6.07) is 13.5. The minimum atomic E-state index is -0.499. The molecule has 4 nitrogen and oxygen atoms in total. The Kier molecular flexibility index (Phi) is 4.97. The molecule has 0 bridgehead atoms. The van der Waals surface area contributed by atoms with Crippen LogP contribution in [0, 0.1) is 3.57 Å². The average Bonchev–Trinajstić information content (AvgIpc) is 2.48. The summed E-state index contributed by atoms with van der Waals surface area (Å²) in [5.41, 5.74) is 1.01. The number of rotatable bonds is 4. The number of amides is 1. The van der Waals surface area contributed by atoms with Gasteiger partial charge in [0.05, 0.1) is 18.2 Å². The average molecular weight is 383 g/mol. The topological polar surface area (TPSA) is 69.6 Å². The maximum absolute atomic E-state index is 12.2. The van der Waals surface area contributed by atoms with Crippen LogP contribution in [0.25, 0.3) is 0 Å². The third-order valence-corrected chi connectivity index (χ3v) is 3.56. The maximum atomic E-state index is 12.2. The third-order valence-electron chi connectivity index (χ3n) is 2.89. The molecule has 0 heterocycles. The van der Waals surface area contributed by atoms with E-state index in [0.717, 1.165) is 9.13 Å². The summed E-state index contributed by atoms with van der Waals surface area (Å²) >= 11 is 2.07. The van der Waals surface area contributed by atoms with E-state index in [1.165, 1.54) is 6.07 Å². The number of carbonyl (C=O) groups is 1. The minimum Gasteiger partial charge on any atom is -0.507 e. The van der Waals surface area contributed by atoms with Gasteiger partial charge in [-0.2, -0.15) is 0 Å². The first-order valence-corrected chi connectivity index (χ1v) is 7.15. The third kappa shape index (κ3) is 3.49. The molecule has 1 amide bonds. The molecule has 2 rings (SSSR count). The van der Waals surface area contributed by atoms with Gasteiger partial charge in [-0.15, -0.1) is 0 Å². The van der Waals surface area contributed by atoms with Gasteiger partial charge in [-0.3, -0.25) is 4.79 Å². The number of aromatic hydroxyl groups is 1. The second-order valence-corrected chi connectivity index (χ2v) is 5.53. The van der Waals surface area contributed by atoms with Crippen molar-refractivity contribution in [1.82, 2.24) is 5.32 Å². The predicted octanol–water partition coefficient (Wildman–Crippen LogP) is 2.46. The van der Waals surface area contributed by atoms with E-state index >= 15 is 0 Å². The molecule has 3 N–H and O–H groups in total. The summed E-state index contributed by atoms with van der Waals surface area (Å²) in [5.74, 6) is -0.489. The second kappa shape index (κ2) is 6.71. The van der Waals surface area contributed by atoms with E-state index in [2.05, 4.69) is 27.9 Å². The molecule has 2 aromatic rings. The van der Waals surface area contributed by atoms with Gasteiger partial charge in [0.2, 0.25) is 0 Å². The Morgan fingerprint density at radius 3 is 2.55 bits per heavy atom. The fourth-order valence-electron chi connectivity index (χ4n) is 1.85. The molecule has 20 heavy (non-hydrogen) atoms. The van der Waals surface area contributed by atoms with Crippen molar-refractivity contribution in [3.05, 3.63) is 63.2 Å². The summed E-state index contributed by atoms with van der Waals surface area (Å²) in [7, 11) is 0. The normalized spacial score (nSPS) is 11.9. The quantitative estimate of drug-likeness (QED) is 0.711. The zero-order valence-corrected chi connectivity index (χ0v) is 12.7. The van der Waals surface area contributed by atoms with Crippen LogP contribution in [0.15, 0.2) is 48.5 Å². The molecule has 0 aliphatic heterocycles. The number of carbonyl (C=O) groups excluding carboxylic acids is 1. The van der Waals surface area contributed by atoms with Gasteiger partial charge in [0.25, 0.3) is 5.91 Å². The first-order chi connectivity index (χ1) is 9.61. The molecule has 1 atom stereocenters. The zero-order valence-electron chi connectivity index (χ0n) is 10.6. The number of hydrogen-bond donors (Lipinski definition) is 3. The molecule has 0 aromatic heterocycles. The van der Waals surface area contributed by atoms with Gasteiger partial charge >= 0.3 is 0 Å². The molecular weight excluding hydrogens is 369 g/mol. The second-order valence-electron chi connectivity index (χ2n) is 4.28. The fourth-order valence-corrected chi connectivity index (χ4v) is 2.34. The van der Waals surface area contributed by atoms with Crippen LogP contribution in [0.5, 0.6) is 5.75 Å². The minimum absolute atomic E-state index is 0.0762. The Balaban J connectivity index is 2.20. The van der Waals surface area contributed by atoms with Crippen LogP contribution < -0.4 is 5.32 Å². The van der Waals surface area contributed by atoms with Gasteiger partial charge in [0.1, 0.15) is 5.75 Å². The van der Waals surface area contributed by atoms with Crippen LogP contribution in [0.3, 0.4) is 0 Å². The Morgan fingerprint density at radius 1 is 1.20 bits per heavy atom. The lowest BCUT2D eigenvalue weighted by Gasteiger charge is -2.17. The monoisotopic (exact) mass is 383 g/mol. The Morgan fingerprint density at radius 2 is 1.90 bits per heavy atom. The van der Waals surface area contributed by atoms with Gasteiger partial charge in [-0.05, 0) is 46.4 Å². The highest BCUT2D eigenvalue weighted by Gasteiger charge is 2.17. The lowest BCUT2D eigenvalue weighted by atomic mass is 10.1. The first-order valence-electron chi connectivity index (χ1n) is 6.07. The molecule has 0 saturated heterocycles. The maximum Gasteiger partial charge on any atom is 0.255 e. The molecule has 0 saturated carbocycles. The standard InChI is InChI=1S/C15H14INO3/c16-11-6-7-14(19)12(8-11)15(20)17-13(9-18)10-4-2-1-3-5-10/h1-8,13,18-19H,9H2,(H,17,20)/t13-/m1/s1. The lowest BCUT2D eigenvalue weighted by molar-refractivity contribution is 0.0913. The highest BCUT2D eigenvalue weighted by Crippen LogP contribution is 2.21. The summed E-state index contributed by atoms with van der Waals surface area (Å²) in [4.78, 5) is 12.2. The highest BCUT2D eigenvalue weighted by molar-refractivity contribution is 14.1. The van der Waals surface area contributed by atoms with Crippen molar-refractivity contribution < 1.29 is 15.0 Å². The first kappa shape index (κ1) is 14.8. The summed E-state index contributed by atoms with van der Waals surface area (Å²) in [6.07, 6.45) is 0. The molecule has 0 radical (unpaired) electrons. The summed E-state index contributed by atoms with van der Waals surface area (Å²) in [6.45, 7) is -0.208. The van der Waals surface area contributed by atoms with Crippen molar-refractivity contribution in [2.45, 2.75) is 6.04 Å². The number of aliphatic hydroxyl groups excluding tert-OH is 1. The molecule has 0 unspecified atom stereocenters. The number of nitrogens with one attached hydrogen (secondary N) is 1. The molecule has 5 heteroatoms. The molecule has 104 valence electrons. The van der Waals surface area contributed by atoms with E-state index in [9.17, 15) is 15.0 Å². The number of halogens is 1. The molecule has 0 aliphatic carbocycles. The number of phenols is 1. The number of aliphatic hydroxyl groups is 1. The number of hydrogen-bond acceptors (Lipinski definition) is 3. The largest absolute Gasteiger partial charge is 0.507 e. The van der Waals surface area contributed by atoms with E-state index < -0.39 is 11.9 Å². The van der Waals surface area contributed by atoms with Gasteiger partial charge in [-0.25, -0.2) is 0 Å². The van der Waals surface area contributed by atoms with Crippen LogP contribution in [0.1, 0.15) is 22.0 Å². The summed E-state index contributed by atoms with van der Waals surface area (Å²) in [5, 5.41) is 21.9. The fraction of sp³-hybridized carbons (Fsp3) is 0.133. The van der Waals surface area contributed by atoms with Crippen molar-refractivity contribution >= 4 is 28.5 Å². The Hall–Kier alpha value is -1.60. The van der Waals surface area contributed by atoms with E-state index in [1.54, 1.807) is 12.1 Å². The van der Waals surface area contributed by atoms with Gasteiger partial charge in [-0.1, -0.05) is 30.3 Å². The summed E-state index contributed by atoms with van der Waals surface area (Å²) < 4.78 is 0.853. The Labute approximate surface area is 130 Å². The van der Waals surface area contributed by atoms with E-state index in [4.69, 9.17) is 0 Å². The predicted molar refractivity (Wildman–Crippen MR) is 84.6 cm³/mol. The van der Waals surface area contributed by atoms with Crippen LogP contribution in [0.4, 0.5) is 0 Å². The van der Waals surface area contributed by atoms with Crippen LogP contribution >= 0.6 is 22.6 Å². The van der Waals surface area contributed by atoms with Crippen molar-refractivity contribution in [2.24, 2.45) is 0 Å². The van der Waals surface area contributed by atoms with Gasteiger partial charge in [0, 0.05) is 3.57 Å². The number of phenolic OH excluding ortho intramolecular Hbond substituents is 1. The van der Waals surface area contributed by atoms with Crippen LogP contribution in [-0.4, -0.2) is 22.7 Å². The molecular formula is C15H14INO3. The van der Waals surface area contributed by atoms with Crippen molar-refractivity contribution in [3.63, 3.8) is 0 Å². The zero-order chi connectivity index (χ0) is 14.5. The lowest BCUT2D eigenvalue weighted by Crippen LogP contribution is -2.30. The molecule has 0 spiro atoms. The Bertz CT molecular complexity index is 601. The number of benzene rings is 2. The molecule has 0 fully saturated rings. The van der Waals surface area contributed by atoms with Crippen LogP contribution in [0.2, 0.25) is 0 Å².